The number of benzene rings is 1. The van der Waals surface area contributed by atoms with Gasteiger partial charge in [0.1, 0.15) is 11.3 Å². The molecule has 2 aromatic rings. The molecule has 3 rings (SSSR count). The van der Waals surface area contributed by atoms with Gasteiger partial charge in [0.2, 0.25) is 11.8 Å². The van der Waals surface area contributed by atoms with Gasteiger partial charge in [-0.2, -0.15) is 0 Å². The Morgan fingerprint density at radius 1 is 1.43 bits per heavy atom. The second-order valence-electron chi connectivity index (χ2n) is 4.99. The van der Waals surface area contributed by atoms with Crippen molar-refractivity contribution in [3.8, 4) is 5.75 Å². The van der Waals surface area contributed by atoms with Gasteiger partial charge in [0.25, 0.3) is 0 Å². The Labute approximate surface area is 121 Å². The molecule has 6 heteroatoms. The summed E-state index contributed by atoms with van der Waals surface area (Å²) in [6.07, 6.45) is 1.83. The molecule has 0 bridgehead atoms. The van der Waals surface area contributed by atoms with Crippen LogP contribution in [0, 0.1) is 5.92 Å². The van der Waals surface area contributed by atoms with Crippen LogP contribution in [0.5, 0.6) is 5.75 Å². The molecule has 0 aliphatic carbocycles. The number of pyridine rings is 1. The highest BCUT2D eigenvalue weighted by atomic mass is 16.5. The number of hydrogen-bond donors (Lipinski definition) is 1. The van der Waals surface area contributed by atoms with Gasteiger partial charge in [0, 0.05) is 24.5 Å². The van der Waals surface area contributed by atoms with Gasteiger partial charge >= 0.3 is 0 Å². The zero-order valence-electron chi connectivity index (χ0n) is 11.6. The van der Waals surface area contributed by atoms with Crippen molar-refractivity contribution in [2.75, 3.05) is 18.6 Å². The van der Waals surface area contributed by atoms with Crippen LogP contribution >= 0.6 is 0 Å². The van der Waals surface area contributed by atoms with Crippen LogP contribution in [0.15, 0.2) is 30.5 Å². The second kappa shape index (κ2) is 5.05. The maximum Gasteiger partial charge on any atom is 0.227 e. The van der Waals surface area contributed by atoms with Gasteiger partial charge in [-0.05, 0) is 24.3 Å². The summed E-state index contributed by atoms with van der Waals surface area (Å²) >= 11 is 0. The first-order chi connectivity index (χ1) is 10.1. The van der Waals surface area contributed by atoms with Crippen LogP contribution in [-0.2, 0) is 9.59 Å². The Kier molecular flexibility index (Phi) is 3.21. The first-order valence-corrected chi connectivity index (χ1v) is 6.63. The molecule has 2 N–H and O–H groups in total. The van der Waals surface area contributed by atoms with Crippen LogP contribution in [0.1, 0.15) is 6.42 Å². The number of ether oxygens (including phenoxy) is 1. The van der Waals surface area contributed by atoms with Crippen LogP contribution < -0.4 is 15.4 Å². The summed E-state index contributed by atoms with van der Waals surface area (Å²) in [5.74, 6) is -0.338. The lowest BCUT2D eigenvalue weighted by Gasteiger charge is -2.19. The smallest absolute Gasteiger partial charge is 0.227 e. The predicted octanol–water partition coefficient (Wildman–Crippen LogP) is 1.08. The fraction of sp³-hybridized carbons (Fsp3) is 0.267. The van der Waals surface area contributed by atoms with E-state index in [0.717, 1.165) is 11.1 Å². The third-order valence-corrected chi connectivity index (χ3v) is 3.75. The fourth-order valence-corrected chi connectivity index (χ4v) is 2.66. The van der Waals surface area contributed by atoms with E-state index in [0.29, 0.717) is 17.8 Å². The number of nitrogens with zero attached hydrogens (tertiary/aromatic N) is 2. The molecule has 0 radical (unpaired) electrons. The van der Waals surface area contributed by atoms with Gasteiger partial charge in [-0.25, -0.2) is 0 Å². The van der Waals surface area contributed by atoms with E-state index in [1.165, 1.54) is 0 Å². The largest absolute Gasteiger partial charge is 0.494 e. The van der Waals surface area contributed by atoms with E-state index in [1.54, 1.807) is 30.3 Å². The van der Waals surface area contributed by atoms with Crippen molar-refractivity contribution in [2.45, 2.75) is 6.42 Å². The molecule has 108 valence electrons. The third-order valence-electron chi connectivity index (χ3n) is 3.75. The first kappa shape index (κ1) is 13.4. The van der Waals surface area contributed by atoms with E-state index in [2.05, 4.69) is 4.98 Å². The predicted molar refractivity (Wildman–Crippen MR) is 77.9 cm³/mol. The van der Waals surface area contributed by atoms with Crippen LogP contribution in [0.25, 0.3) is 10.9 Å². The van der Waals surface area contributed by atoms with Crippen LogP contribution in [0.2, 0.25) is 0 Å². The molecule has 6 nitrogen and oxygen atoms in total. The molecule has 1 fully saturated rings. The average molecular weight is 285 g/mol. The van der Waals surface area contributed by atoms with E-state index >= 15 is 0 Å². The summed E-state index contributed by atoms with van der Waals surface area (Å²) in [4.78, 5) is 29.4. The van der Waals surface area contributed by atoms with Gasteiger partial charge in [-0.1, -0.05) is 0 Å². The zero-order valence-corrected chi connectivity index (χ0v) is 11.6. The molecule has 1 aliphatic rings. The number of rotatable bonds is 3. The van der Waals surface area contributed by atoms with Crippen molar-refractivity contribution in [3.05, 3.63) is 30.5 Å². The number of fused-ring (bicyclic) bond motifs is 1. The summed E-state index contributed by atoms with van der Waals surface area (Å²) in [7, 11) is 1.58. The minimum Gasteiger partial charge on any atom is -0.494 e. The first-order valence-electron chi connectivity index (χ1n) is 6.63. The van der Waals surface area contributed by atoms with Gasteiger partial charge < -0.3 is 15.4 Å². The molecule has 0 saturated carbocycles. The van der Waals surface area contributed by atoms with Crippen molar-refractivity contribution in [1.82, 2.24) is 4.98 Å². The number of anilines is 1. The van der Waals surface area contributed by atoms with Crippen molar-refractivity contribution in [3.63, 3.8) is 0 Å². The molecular weight excluding hydrogens is 270 g/mol. The standard InChI is InChI=1S/C15H15N3O3/c1-21-12-5-4-11(10-3-2-6-17-14(10)12)18-8-9(15(16)20)7-13(18)19/h2-6,9H,7-8H2,1H3,(H2,16,20). The van der Waals surface area contributed by atoms with E-state index in [4.69, 9.17) is 10.5 Å². The quantitative estimate of drug-likeness (QED) is 0.914. The Morgan fingerprint density at radius 3 is 2.90 bits per heavy atom. The van der Waals surface area contributed by atoms with E-state index in [1.807, 2.05) is 12.1 Å². The van der Waals surface area contributed by atoms with Gasteiger partial charge in [0.05, 0.1) is 18.7 Å². The lowest BCUT2D eigenvalue weighted by atomic mass is 10.1. The molecule has 1 aromatic heterocycles. The molecule has 2 amide bonds. The summed E-state index contributed by atoms with van der Waals surface area (Å²) in [6.45, 7) is 0.310. The van der Waals surface area contributed by atoms with E-state index in [9.17, 15) is 9.59 Å². The molecule has 1 atom stereocenters. The SMILES string of the molecule is COc1ccc(N2CC(C(N)=O)CC2=O)c2cccnc12. The van der Waals surface area contributed by atoms with Crippen LogP contribution in [0.4, 0.5) is 5.69 Å². The maximum atomic E-state index is 12.2. The third kappa shape index (κ3) is 2.18. The Balaban J connectivity index is 2.09. The molecule has 1 aromatic carbocycles. The lowest BCUT2D eigenvalue weighted by Crippen LogP contribution is -2.28. The van der Waals surface area contributed by atoms with Gasteiger partial charge in [-0.15, -0.1) is 0 Å². The molecular formula is C15H15N3O3. The fourth-order valence-electron chi connectivity index (χ4n) is 2.66. The number of aromatic nitrogens is 1. The maximum absolute atomic E-state index is 12.2. The van der Waals surface area contributed by atoms with Crippen molar-refractivity contribution < 1.29 is 14.3 Å². The van der Waals surface area contributed by atoms with Crippen molar-refractivity contribution >= 4 is 28.4 Å². The number of carbonyl (C=O) groups excluding carboxylic acids is 2. The molecule has 0 spiro atoms. The Morgan fingerprint density at radius 2 is 2.24 bits per heavy atom. The summed E-state index contributed by atoms with van der Waals surface area (Å²) in [5, 5.41) is 0.815. The van der Waals surface area contributed by atoms with Crippen LogP contribution in [0.3, 0.4) is 0 Å². The van der Waals surface area contributed by atoms with Gasteiger partial charge in [-0.3, -0.25) is 14.6 Å². The minimum absolute atomic E-state index is 0.103. The van der Waals surface area contributed by atoms with Crippen LogP contribution in [-0.4, -0.2) is 30.5 Å². The monoisotopic (exact) mass is 285 g/mol. The number of primary amides is 1. The molecule has 1 saturated heterocycles. The number of carbonyl (C=O) groups is 2. The molecule has 2 heterocycles. The van der Waals surface area contributed by atoms with E-state index in [-0.39, 0.29) is 12.3 Å². The number of amides is 2. The highest BCUT2D eigenvalue weighted by Crippen LogP contribution is 2.35. The number of nitrogens with two attached hydrogens (primary N) is 1. The highest BCUT2D eigenvalue weighted by Gasteiger charge is 2.34. The highest BCUT2D eigenvalue weighted by molar-refractivity contribution is 6.07. The second-order valence-corrected chi connectivity index (χ2v) is 4.99. The number of hydrogen-bond acceptors (Lipinski definition) is 4. The Hall–Kier alpha value is -2.63. The average Bonchev–Trinajstić information content (AvgIpc) is 2.88. The summed E-state index contributed by atoms with van der Waals surface area (Å²) in [6, 6.07) is 7.27. The molecule has 21 heavy (non-hydrogen) atoms. The summed E-state index contributed by atoms with van der Waals surface area (Å²) < 4.78 is 5.29. The Bertz CT molecular complexity index is 729. The van der Waals surface area contributed by atoms with Crippen molar-refractivity contribution in [2.24, 2.45) is 11.7 Å². The summed E-state index contributed by atoms with van der Waals surface area (Å²) in [5.41, 5.74) is 6.73. The molecule has 1 aliphatic heterocycles. The minimum atomic E-state index is -0.443. The van der Waals surface area contributed by atoms with E-state index < -0.39 is 11.8 Å². The topological polar surface area (TPSA) is 85.5 Å². The molecule has 1 unspecified atom stereocenters. The normalized spacial score (nSPS) is 18.2. The zero-order chi connectivity index (χ0) is 15.0. The lowest BCUT2D eigenvalue weighted by molar-refractivity contribution is -0.123. The van der Waals surface area contributed by atoms with Gasteiger partial charge in [0.15, 0.2) is 0 Å². The van der Waals surface area contributed by atoms with Crippen molar-refractivity contribution in [1.29, 1.82) is 0 Å². The number of methoxy groups -OCH3 is 1.